The summed E-state index contributed by atoms with van der Waals surface area (Å²) in [6.45, 7) is 15.7. The zero-order chi connectivity index (χ0) is 30.3. The first-order valence-electron chi connectivity index (χ1n) is 12.8. The lowest BCUT2D eigenvalue weighted by molar-refractivity contribution is -0.223. The van der Waals surface area contributed by atoms with Crippen LogP contribution < -0.4 is 0 Å². The SMILES string of the molecule is C=C1/C=C\[C@H](OC(C)=O)[C@@]2(C)[C@@H](OC(C)=O)C[C@@H](OC(C)=O)C(=C)[C@H]2[C@H](OC(C)=O)[C@]2(O)[C@@H](C)C(=O)O[C@H]2[C@H]1Cl. The molecule has 0 unspecified atom stereocenters. The van der Waals surface area contributed by atoms with Gasteiger partial charge >= 0.3 is 29.8 Å². The number of carbonyl (C=O) groups excluding carboxylic acids is 5. The molecule has 3 rings (SSSR count). The molecule has 1 aliphatic heterocycles. The van der Waals surface area contributed by atoms with Crippen molar-refractivity contribution in [3.63, 3.8) is 0 Å². The molecule has 0 aromatic rings. The third kappa shape index (κ3) is 5.41. The number of hydrogen-bond donors (Lipinski definition) is 1. The van der Waals surface area contributed by atoms with Gasteiger partial charge in [0.25, 0.3) is 0 Å². The molecule has 220 valence electrons. The highest BCUT2D eigenvalue weighted by Gasteiger charge is 2.70. The van der Waals surface area contributed by atoms with E-state index in [0.717, 1.165) is 6.92 Å². The van der Waals surface area contributed by atoms with Gasteiger partial charge in [-0.05, 0) is 24.1 Å². The van der Waals surface area contributed by atoms with Crippen molar-refractivity contribution >= 4 is 41.4 Å². The molecule has 1 saturated heterocycles. The maximum absolute atomic E-state index is 12.9. The summed E-state index contributed by atoms with van der Waals surface area (Å²) in [5, 5.41) is 11.2. The Morgan fingerprint density at radius 2 is 1.55 bits per heavy atom. The van der Waals surface area contributed by atoms with Crippen LogP contribution in [0, 0.1) is 17.3 Å². The van der Waals surface area contributed by atoms with Crippen molar-refractivity contribution in [1.82, 2.24) is 0 Å². The summed E-state index contributed by atoms with van der Waals surface area (Å²) in [5.74, 6) is -6.21. The Bertz CT molecular complexity index is 1160. The summed E-state index contributed by atoms with van der Waals surface area (Å²) in [6, 6.07) is 0. The first-order chi connectivity index (χ1) is 18.5. The van der Waals surface area contributed by atoms with E-state index in [1.807, 2.05) is 0 Å². The van der Waals surface area contributed by atoms with E-state index in [-0.39, 0.29) is 17.6 Å². The highest BCUT2D eigenvalue weighted by atomic mass is 35.5. The van der Waals surface area contributed by atoms with Gasteiger partial charge in [0.15, 0.2) is 11.7 Å². The van der Waals surface area contributed by atoms with E-state index >= 15 is 0 Å². The fourth-order valence-corrected chi connectivity index (χ4v) is 6.42. The molecule has 0 amide bonds. The summed E-state index contributed by atoms with van der Waals surface area (Å²) in [6.07, 6.45) is -3.62. The minimum atomic E-state index is -2.28. The molecule has 40 heavy (non-hydrogen) atoms. The quantitative estimate of drug-likeness (QED) is 0.225. The van der Waals surface area contributed by atoms with Gasteiger partial charge < -0.3 is 28.8 Å². The molecule has 0 aromatic carbocycles. The molecule has 0 bridgehead atoms. The number of hydrogen-bond acceptors (Lipinski definition) is 11. The van der Waals surface area contributed by atoms with Crippen molar-refractivity contribution in [3.05, 3.63) is 36.5 Å². The molecule has 11 nitrogen and oxygen atoms in total. The summed E-state index contributed by atoms with van der Waals surface area (Å²) in [5.41, 5.74) is -3.42. The number of allylic oxidation sites excluding steroid dienone is 1. The number of aliphatic hydroxyl groups is 1. The number of esters is 5. The van der Waals surface area contributed by atoms with E-state index in [2.05, 4.69) is 13.2 Å². The van der Waals surface area contributed by atoms with Crippen LogP contribution >= 0.6 is 11.6 Å². The van der Waals surface area contributed by atoms with Gasteiger partial charge in [-0.15, -0.1) is 11.6 Å². The molecule has 1 N–H and O–H groups in total. The van der Waals surface area contributed by atoms with E-state index in [4.69, 9.17) is 35.3 Å². The summed E-state index contributed by atoms with van der Waals surface area (Å²) < 4.78 is 28.3. The summed E-state index contributed by atoms with van der Waals surface area (Å²) in [4.78, 5) is 62.2. The zero-order valence-electron chi connectivity index (χ0n) is 23.3. The largest absolute Gasteiger partial charge is 0.462 e. The van der Waals surface area contributed by atoms with E-state index < -0.39 is 88.6 Å². The third-order valence-corrected chi connectivity index (χ3v) is 8.54. The molecule has 3 aliphatic rings. The minimum Gasteiger partial charge on any atom is -0.462 e. The monoisotopic (exact) mass is 582 g/mol. The van der Waals surface area contributed by atoms with Crippen molar-refractivity contribution in [2.45, 2.75) is 89.5 Å². The Labute approximate surface area is 237 Å². The fourth-order valence-electron chi connectivity index (χ4n) is 6.10. The van der Waals surface area contributed by atoms with Crippen LogP contribution in [0.3, 0.4) is 0 Å². The van der Waals surface area contributed by atoms with E-state index in [1.165, 1.54) is 39.8 Å². The average Bonchev–Trinajstić information content (AvgIpc) is 3.06. The third-order valence-electron chi connectivity index (χ3n) is 8.03. The van der Waals surface area contributed by atoms with Crippen LogP contribution in [0.15, 0.2) is 36.5 Å². The number of carbonyl (C=O) groups is 5. The smallest absolute Gasteiger partial charge is 0.312 e. The van der Waals surface area contributed by atoms with E-state index in [9.17, 15) is 29.1 Å². The van der Waals surface area contributed by atoms with Gasteiger partial charge in [-0.1, -0.05) is 26.2 Å². The Hall–Kier alpha value is -3.18. The lowest BCUT2D eigenvalue weighted by Gasteiger charge is -2.56. The molecule has 0 radical (unpaired) electrons. The maximum Gasteiger partial charge on any atom is 0.312 e. The lowest BCUT2D eigenvalue weighted by Crippen LogP contribution is -2.68. The number of halogens is 1. The topological polar surface area (TPSA) is 152 Å². The van der Waals surface area contributed by atoms with Crippen molar-refractivity contribution in [2.75, 3.05) is 0 Å². The number of ether oxygens (including phenoxy) is 5. The van der Waals surface area contributed by atoms with Crippen LogP contribution in [0.1, 0.15) is 48.0 Å². The lowest BCUT2D eigenvalue weighted by atomic mass is 9.54. The molecule has 12 heteroatoms. The fraction of sp³-hybridized carbons (Fsp3) is 0.607. The number of rotatable bonds is 4. The Morgan fingerprint density at radius 1 is 1.00 bits per heavy atom. The van der Waals surface area contributed by atoms with Crippen LogP contribution in [-0.4, -0.2) is 76.5 Å². The highest BCUT2D eigenvalue weighted by molar-refractivity contribution is 6.23. The molecular formula is C28H35ClO11. The molecule has 10 atom stereocenters. The first-order valence-corrected chi connectivity index (χ1v) is 13.2. The molecular weight excluding hydrogens is 548 g/mol. The van der Waals surface area contributed by atoms with Gasteiger partial charge in [-0.25, -0.2) is 0 Å². The molecule has 2 aliphatic carbocycles. The second kappa shape index (κ2) is 11.4. The second-order valence-electron chi connectivity index (χ2n) is 10.7. The average molecular weight is 583 g/mol. The van der Waals surface area contributed by atoms with Gasteiger partial charge in [0.1, 0.15) is 24.4 Å². The number of fused-ring (bicyclic) bond motifs is 2. The van der Waals surface area contributed by atoms with Gasteiger partial charge in [-0.3, -0.25) is 24.0 Å². The Balaban J connectivity index is 2.45. The van der Waals surface area contributed by atoms with Crippen molar-refractivity contribution in [2.24, 2.45) is 17.3 Å². The van der Waals surface area contributed by atoms with E-state index in [1.54, 1.807) is 6.92 Å². The van der Waals surface area contributed by atoms with Crippen LogP contribution in [0.2, 0.25) is 0 Å². The summed E-state index contributed by atoms with van der Waals surface area (Å²) in [7, 11) is 0. The van der Waals surface area contributed by atoms with Crippen LogP contribution in [0.5, 0.6) is 0 Å². The molecule has 1 heterocycles. The van der Waals surface area contributed by atoms with Crippen molar-refractivity contribution in [3.8, 4) is 0 Å². The second-order valence-corrected chi connectivity index (χ2v) is 11.2. The predicted octanol–water partition coefficient (Wildman–Crippen LogP) is 2.32. The van der Waals surface area contributed by atoms with Crippen LogP contribution in [0.4, 0.5) is 0 Å². The minimum absolute atomic E-state index is 0.0880. The zero-order valence-corrected chi connectivity index (χ0v) is 24.1. The van der Waals surface area contributed by atoms with Gasteiger partial charge in [0.2, 0.25) is 0 Å². The number of alkyl halides is 1. The maximum atomic E-state index is 12.9. The predicted molar refractivity (Wildman–Crippen MR) is 139 cm³/mol. The van der Waals surface area contributed by atoms with Crippen LogP contribution in [-0.2, 0) is 47.7 Å². The van der Waals surface area contributed by atoms with Crippen molar-refractivity contribution < 1.29 is 52.8 Å². The van der Waals surface area contributed by atoms with Gasteiger partial charge in [0, 0.05) is 40.0 Å². The van der Waals surface area contributed by atoms with Gasteiger partial charge in [0.05, 0.1) is 16.7 Å². The van der Waals surface area contributed by atoms with E-state index in [0.29, 0.717) is 0 Å². The Kier molecular flexibility index (Phi) is 8.91. The van der Waals surface area contributed by atoms with Crippen LogP contribution in [0.25, 0.3) is 0 Å². The van der Waals surface area contributed by atoms with Crippen molar-refractivity contribution in [1.29, 1.82) is 0 Å². The standard InChI is InChI=1S/C28H35ClO11/c1-12-9-10-20(37-16(5)31)27(8)21(38-17(6)32)11-19(36-15(4)30)13(2)22(27)24(39-18(7)33)28(35)14(3)26(34)40-25(28)23(12)29/h9-10,14,19-25,35H,1-2,11H2,3-8H3/b10-9-/t14-,19+,20-,21-,22-,23-,24-,25-,27-,28+/m0/s1. The highest BCUT2D eigenvalue weighted by Crippen LogP contribution is 2.56. The normalized spacial score (nSPS) is 40.0. The first kappa shape index (κ1) is 31.3. The molecule has 0 aromatic heterocycles. The summed E-state index contributed by atoms with van der Waals surface area (Å²) >= 11 is 6.69. The Morgan fingerprint density at radius 3 is 2.08 bits per heavy atom. The molecule has 1 saturated carbocycles. The molecule has 2 fully saturated rings. The van der Waals surface area contributed by atoms with Gasteiger partial charge in [-0.2, -0.15) is 0 Å². The molecule has 0 spiro atoms.